The van der Waals surface area contributed by atoms with Crippen LogP contribution >= 0.6 is 0 Å². The van der Waals surface area contributed by atoms with E-state index in [1.54, 1.807) is 54.6 Å². The summed E-state index contributed by atoms with van der Waals surface area (Å²) in [5.74, 6) is 0.317. The van der Waals surface area contributed by atoms with Gasteiger partial charge in [-0.25, -0.2) is 4.79 Å². The lowest BCUT2D eigenvalue weighted by atomic mass is 10.2. The van der Waals surface area contributed by atoms with E-state index in [0.717, 1.165) is 0 Å². The Morgan fingerprint density at radius 3 is 2.70 bits per heavy atom. The number of carbonyl (C=O) groups is 2. The van der Waals surface area contributed by atoms with E-state index in [1.807, 2.05) is 0 Å². The zero-order valence-electron chi connectivity index (χ0n) is 12.4. The zero-order chi connectivity index (χ0) is 16.2. The van der Waals surface area contributed by atoms with Gasteiger partial charge in [-0.05, 0) is 24.3 Å². The highest BCUT2D eigenvalue weighted by molar-refractivity contribution is 5.93. The highest BCUT2D eigenvalue weighted by Gasteiger charge is 2.20. The molecule has 2 aromatic carbocycles. The fraction of sp³-hybridized carbons (Fsp3) is 0.111. The molecule has 0 saturated heterocycles. The highest BCUT2D eigenvalue weighted by atomic mass is 16.6. The van der Waals surface area contributed by atoms with E-state index in [2.05, 4.69) is 0 Å². The molecule has 5 heteroatoms. The Hall–Kier alpha value is -3.08. The first-order chi connectivity index (χ1) is 11.1. The molecule has 0 saturated carbocycles. The second kappa shape index (κ2) is 6.36. The quantitative estimate of drug-likeness (QED) is 0.629. The summed E-state index contributed by atoms with van der Waals surface area (Å²) in [4.78, 5) is 23.3. The van der Waals surface area contributed by atoms with Crippen LogP contribution in [0.5, 0.6) is 11.5 Å². The summed E-state index contributed by atoms with van der Waals surface area (Å²) in [6.45, 7) is 1.44. The van der Waals surface area contributed by atoms with Gasteiger partial charge in [-0.2, -0.15) is 0 Å². The molecule has 3 rings (SSSR count). The molecule has 1 aliphatic heterocycles. The van der Waals surface area contributed by atoms with Gasteiger partial charge >= 0.3 is 11.9 Å². The molecule has 0 N–H and O–H groups in total. The molecule has 0 aromatic heterocycles. The molecule has 0 radical (unpaired) electrons. The molecule has 0 amide bonds. The van der Waals surface area contributed by atoms with E-state index < -0.39 is 11.9 Å². The largest absolute Gasteiger partial charge is 0.485 e. The van der Waals surface area contributed by atoms with Crippen molar-refractivity contribution in [3.8, 4) is 11.5 Å². The Morgan fingerprint density at radius 1 is 1.13 bits per heavy atom. The Kier molecular flexibility index (Phi) is 4.10. The van der Waals surface area contributed by atoms with E-state index in [-0.39, 0.29) is 6.61 Å². The Morgan fingerprint density at radius 2 is 1.87 bits per heavy atom. The molecular formula is C18H14O5. The van der Waals surface area contributed by atoms with Gasteiger partial charge in [0.2, 0.25) is 0 Å². The first-order valence-electron chi connectivity index (χ1n) is 7.05. The van der Waals surface area contributed by atoms with Crippen molar-refractivity contribution in [3.05, 3.63) is 65.4 Å². The van der Waals surface area contributed by atoms with Crippen LogP contribution in [-0.4, -0.2) is 18.5 Å². The summed E-state index contributed by atoms with van der Waals surface area (Å²) in [5, 5.41) is 0. The number of hydrogen-bond acceptors (Lipinski definition) is 5. The van der Waals surface area contributed by atoms with Crippen LogP contribution < -0.4 is 9.47 Å². The number of benzene rings is 2. The van der Waals surface area contributed by atoms with Gasteiger partial charge in [0.25, 0.3) is 0 Å². The summed E-state index contributed by atoms with van der Waals surface area (Å²) < 4.78 is 16.1. The Balaban J connectivity index is 1.90. The SMILES string of the molecule is CC(=O)Oc1ccccc1/C=C1\COc2ccccc2C(=O)O1. The number of esters is 2. The van der Waals surface area contributed by atoms with Crippen molar-refractivity contribution in [1.29, 1.82) is 0 Å². The van der Waals surface area contributed by atoms with Crippen molar-refractivity contribution in [3.63, 3.8) is 0 Å². The lowest BCUT2D eigenvalue weighted by Gasteiger charge is -2.08. The van der Waals surface area contributed by atoms with Crippen molar-refractivity contribution in [2.24, 2.45) is 0 Å². The molecule has 116 valence electrons. The van der Waals surface area contributed by atoms with Crippen LogP contribution in [0.4, 0.5) is 0 Å². The number of cyclic esters (lactones) is 1. The molecule has 0 unspecified atom stereocenters. The zero-order valence-corrected chi connectivity index (χ0v) is 12.4. The van der Waals surface area contributed by atoms with E-state index in [4.69, 9.17) is 14.2 Å². The van der Waals surface area contributed by atoms with Gasteiger partial charge in [0.1, 0.15) is 29.4 Å². The van der Waals surface area contributed by atoms with Crippen molar-refractivity contribution in [2.45, 2.75) is 6.92 Å². The van der Waals surface area contributed by atoms with Gasteiger partial charge in [-0.3, -0.25) is 4.79 Å². The molecule has 0 bridgehead atoms. The number of carbonyl (C=O) groups excluding carboxylic acids is 2. The monoisotopic (exact) mass is 310 g/mol. The standard InChI is InChI=1S/C18H14O5/c1-12(19)22-16-8-4-2-6-13(16)10-14-11-21-17-9-5-3-7-15(17)18(20)23-14/h2-10H,11H2,1H3/b14-10+. The van der Waals surface area contributed by atoms with E-state index in [0.29, 0.717) is 28.4 Å². The number of ether oxygens (including phenoxy) is 3. The van der Waals surface area contributed by atoms with Crippen LogP contribution in [-0.2, 0) is 9.53 Å². The molecule has 2 aromatic rings. The molecule has 1 aliphatic rings. The Bertz CT molecular complexity index is 792. The van der Waals surface area contributed by atoms with Crippen LogP contribution in [0.3, 0.4) is 0 Å². The Labute approximate surface area is 133 Å². The molecule has 0 spiro atoms. The molecule has 1 heterocycles. The van der Waals surface area contributed by atoms with Crippen LogP contribution in [0, 0.1) is 0 Å². The van der Waals surface area contributed by atoms with Crippen LogP contribution in [0.1, 0.15) is 22.8 Å². The third-order valence-corrected chi connectivity index (χ3v) is 3.19. The summed E-state index contributed by atoms with van der Waals surface area (Å²) in [7, 11) is 0. The minimum Gasteiger partial charge on any atom is -0.485 e. The molecular weight excluding hydrogens is 296 g/mol. The second-order valence-electron chi connectivity index (χ2n) is 4.92. The van der Waals surface area contributed by atoms with E-state index in [9.17, 15) is 9.59 Å². The van der Waals surface area contributed by atoms with Gasteiger partial charge in [0.05, 0.1) is 0 Å². The topological polar surface area (TPSA) is 61.8 Å². The minimum atomic E-state index is -0.477. The molecule has 0 fully saturated rings. The predicted molar refractivity (Wildman–Crippen MR) is 83.1 cm³/mol. The fourth-order valence-electron chi connectivity index (χ4n) is 2.21. The maximum Gasteiger partial charge on any atom is 0.347 e. The molecule has 0 atom stereocenters. The minimum absolute atomic E-state index is 0.108. The van der Waals surface area contributed by atoms with Crippen molar-refractivity contribution in [1.82, 2.24) is 0 Å². The summed E-state index contributed by atoms with van der Waals surface area (Å²) in [6.07, 6.45) is 1.63. The summed E-state index contributed by atoms with van der Waals surface area (Å²) in [5.41, 5.74) is 1.00. The smallest absolute Gasteiger partial charge is 0.347 e. The maximum absolute atomic E-state index is 12.1. The number of rotatable bonds is 2. The average molecular weight is 310 g/mol. The number of fused-ring (bicyclic) bond motifs is 1. The number of hydrogen-bond donors (Lipinski definition) is 0. The van der Waals surface area contributed by atoms with Gasteiger partial charge in [0, 0.05) is 12.5 Å². The van der Waals surface area contributed by atoms with Gasteiger partial charge in [0.15, 0.2) is 0 Å². The predicted octanol–water partition coefficient (Wildman–Crippen LogP) is 3.20. The maximum atomic E-state index is 12.1. The molecule has 23 heavy (non-hydrogen) atoms. The molecule has 0 aliphatic carbocycles. The second-order valence-corrected chi connectivity index (χ2v) is 4.92. The van der Waals surface area contributed by atoms with Crippen molar-refractivity contribution in [2.75, 3.05) is 6.61 Å². The summed E-state index contributed by atoms with van der Waals surface area (Å²) >= 11 is 0. The first kappa shape index (κ1) is 14.8. The number of para-hydroxylation sites is 2. The van der Waals surface area contributed by atoms with Gasteiger partial charge in [-0.15, -0.1) is 0 Å². The van der Waals surface area contributed by atoms with E-state index >= 15 is 0 Å². The van der Waals surface area contributed by atoms with Gasteiger partial charge < -0.3 is 14.2 Å². The summed E-state index contributed by atoms with van der Waals surface area (Å²) in [6, 6.07) is 13.9. The lowest BCUT2D eigenvalue weighted by molar-refractivity contribution is -0.131. The first-order valence-corrected chi connectivity index (χ1v) is 7.05. The van der Waals surface area contributed by atoms with Crippen LogP contribution in [0.25, 0.3) is 6.08 Å². The third kappa shape index (κ3) is 3.40. The highest BCUT2D eigenvalue weighted by Crippen LogP contribution is 2.27. The van der Waals surface area contributed by atoms with Crippen LogP contribution in [0.2, 0.25) is 0 Å². The van der Waals surface area contributed by atoms with E-state index in [1.165, 1.54) is 6.92 Å². The van der Waals surface area contributed by atoms with Crippen molar-refractivity contribution < 1.29 is 23.8 Å². The third-order valence-electron chi connectivity index (χ3n) is 3.19. The normalized spacial score (nSPS) is 15.2. The lowest BCUT2D eigenvalue weighted by Crippen LogP contribution is -2.06. The fourth-order valence-corrected chi connectivity index (χ4v) is 2.21. The molecule has 5 nitrogen and oxygen atoms in total. The van der Waals surface area contributed by atoms with Crippen LogP contribution in [0.15, 0.2) is 54.3 Å². The average Bonchev–Trinajstić information content (AvgIpc) is 2.69. The van der Waals surface area contributed by atoms with Gasteiger partial charge in [-0.1, -0.05) is 30.3 Å². The van der Waals surface area contributed by atoms with Crippen molar-refractivity contribution >= 4 is 18.0 Å².